The third-order valence-electron chi connectivity index (χ3n) is 9.40. The Morgan fingerprint density at radius 3 is 2.33 bits per heavy atom. The van der Waals surface area contributed by atoms with E-state index >= 15 is 0 Å². The smallest absolute Gasteiger partial charge is 0.288 e. The van der Waals surface area contributed by atoms with Crippen molar-refractivity contribution >= 4 is 15.9 Å². The number of hydrogen-bond acceptors (Lipinski definition) is 8. The molecule has 42 heavy (non-hydrogen) atoms. The van der Waals surface area contributed by atoms with E-state index < -0.39 is 16.3 Å². The Hall–Kier alpha value is -2.18. The third-order valence-corrected chi connectivity index (χ3v) is 11.3. The predicted molar refractivity (Wildman–Crippen MR) is 158 cm³/mol. The molecule has 3 heterocycles. The fourth-order valence-electron chi connectivity index (χ4n) is 6.65. The van der Waals surface area contributed by atoms with Crippen LogP contribution in [0.2, 0.25) is 0 Å². The highest BCUT2D eigenvalue weighted by Crippen LogP contribution is 2.40. The van der Waals surface area contributed by atoms with Crippen molar-refractivity contribution < 1.29 is 32.5 Å². The van der Waals surface area contributed by atoms with Gasteiger partial charge >= 0.3 is 0 Å². The van der Waals surface area contributed by atoms with Gasteiger partial charge in [-0.1, -0.05) is 12.8 Å². The van der Waals surface area contributed by atoms with Gasteiger partial charge in [0.25, 0.3) is 5.91 Å². The summed E-state index contributed by atoms with van der Waals surface area (Å²) in [4.78, 5) is 18.2. The molecule has 0 radical (unpaired) electrons. The number of carbonyl (C=O) groups is 1. The fraction of sp³-hybridized carbons (Fsp3) is 0.710. The van der Waals surface area contributed by atoms with Gasteiger partial charge < -0.3 is 29.1 Å². The zero-order valence-electron chi connectivity index (χ0n) is 24.9. The molecule has 0 bridgehead atoms. The lowest BCUT2D eigenvalue weighted by molar-refractivity contribution is -0.158. The molecule has 1 amide bonds. The molecular weight excluding hydrogens is 558 g/mol. The molecule has 1 aliphatic carbocycles. The molecule has 0 aromatic heterocycles. The third kappa shape index (κ3) is 7.48. The lowest BCUT2D eigenvalue weighted by atomic mass is 9.73. The molecule has 4 aliphatic rings. The van der Waals surface area contributed by atoms with Crippen molar-refractivity contribution in [2.45, 2.75) is 75.0 Å². The number of allylic oxidation sites excluding steroid dienone is 1. The summed E-state index contributed by atoms with van der Waals surface area (Å²) in [5, 5.41) is 9.57. The second-order valence-electron chi connectivity index (χ2n) is 12.0. The summed E-state index contributed by atoms with van der Waals surface area (Å²) >= 11 is 0. The molecule has 11 heteroatoms. The summed E-state index contributed by atoms with van der Waals surface area (Å²) < 4.78 is 45.1. The number of benzene rings is 1. The second kappa shape index (κ2) is 14.5. The number of likely N-dealkylation sites (tertiary alicyclic amines) is 2. The summed E-state index contributed by atoms with van der Waals surface area (Å²) in [6.07, 6.45) is 11.4. The summed E-state index contributed by atoms with van der Waals surface area (Å²) in [6.45, 7) is 3.59. The number of amides is 1. The van der Waals surface area contributed by atoms with Crippen LogP contribution in [0, 0.1) is 11.8 Å². The van der Waals surface area contributed by atoms with E-state index in [4.69, 9.17) is 14.2 Å². The fourth-order valence-corrected chi connectivity index (χ4v) is 8.07. The Morgan fingerprint density at radius 1 is 1.00 bits per heavy atom. The molecule has 1 saturated carbocycles. The standard InChI is InChI=1S/C31H47N3O7S/c1-39-27-8-10-28(11-9-27)42(37,38)34(18-20-35)19-21-40-30-23-25(24-6-5-7-24)22-29(41-30)31(36)33-16-12-26(13-17-33)32-14-3-2-4-15-32/h8-11,22,24-26,30,35H,2-7,12-21,23H2,1H3/t25-,30+/m1/s1. The molecule has 234 valence electrons. The van der Waals surface area contributed by atoms with Gasteiger partial charge in [-0.3, -0.25) is 4.79 Å². The number of sulfonamides is 1. The summed E-state index contributed by atoms with van der Waals surface area (Å²) in [5.74, 6) is 1.60. The topological polar surface area (TPSA) is 109 Å². The number of carbonyl (C=O) groups excluding carboxylic acids is 1. The summed E-state index contributed by atoms with van der Waals surface area (Å²) in [5.41, 5.74) is 0. The molecule has 3 aliphatic heterocycles. The van der Waals surface area contributed by atoms with Gasteiger partial charge in [0.05, 0.1) is 25.2 Å². The van der Waals surface area contributed by atoms with Crippen molar-refractivity contribution in [1.82, 2.24) is 14.1 Å². The maximum Gasteiger partial charge on any atom is 0.288 e. The average Bonchev–Trinajstić information content (AvgIpc) is 3.00. The molecule has 2 atom stereocenters. The van der Waals surface area contributed by atoms with E-state index in [9.17, 15) is 18.3 Å². The number of hydrogen-bond donors (Lipinski definition) is 1. The quantitative estimate of drug-likeness (QED) is 0.387. The molecule has 1 N–H and O–H groups in total. The molecular formula is C31H47N3O7S. The van der Waals surface area contributed by atoms with Crippen LogP contribution in [0.1, 0.15) is 57.8 Å². The molecule has 2 saturated heterocycles. The average molecular weight is 606 g/mol. The van der Waals surface area contributed by atoms with Crippen LogP contribution in [-0.2, 0) is 24.3 Å². The minimum atomic E-state index is -3.84. The number of piperidine rings is 2. The highest BCUT2D eigenvalue weighted by molar-refractivity contribution is 7.89. The van der Waals surface area contributed by atoms with Crippen LogP contribution < -0.4 is 4.74 Å². The van der Waals surface area contributed by atoms with E-state index in [1.807, 2.05) is 11.0 Å². The van der Waals surface area contributed by atoms with Gasteiger partial charge in [-0.05, 0) is 93.8 Å². The van der Waals surface area contributed by atoms with Crippen LogP contribution in [-0.4, -0.2) is 105 Å². The number of aliphatic hydroxyl groups excluding tert-OH is 1. The number of aliphatic hydroxyl groups is 1. The first-order chi connectivity index (χ1) is 20.4. The minimum absolute atomic E-state index is 0.0506. The Kier molecular flexibility index (Phi) is 10.8. The van der Waals surface area contributed by atoms with Gasteiger partial charge in [-0.2, -0.15) is 4.31 Å². The number of nitrogens with zero attached hydrogens (tertiary/aromatic N) is 3. The van der Waals surface area contributed by atoms with E-state index in [1.54, 1.807) is 12.1 Å². The number of rotatable bonds is 12. The second-order valence-corrected chi connectivity index (χ2v) is 13.9. The van der Waals surface area contributed by atoms with E-state index in [0.29, 0.717) is 29.9 Å². The summed E-state index contributed by atoms with van der Waals surface area (Å²) in [7, 11) is -2.32. The van der Waals surface area contributed by atoms with Crippen molar-refractivity contribution in [2.75, 3.05) is 59.6 Å². The van der Waals surface area contributed by atoms with E-state index in [1.165, 1.54) is 62.3 Å². The van der Waals surface area contributed by atoms with E-state index in [0.717, 1.165) is 38.8 Å². The van der Waals surface area contributed by atoms with Crippen molar-refractivity contribution in [3.63, 3.8) is 0 Å². The van der Waals surface area contributed by atoms with Gasteiger partial charge in [0.2, 0.25) is 16.3 Å². The lowest BCUT2D eigenvalue weighted by Gasteiger charge is -2.41. The van der Waals surface area contributed by atoms with Crippen LogP contribution in [0.3, 0.4) is 0 Å². The van der Waals surface area contributed by atoms with E-state index in [-0.39, 0.29) is 43.0 Å². The zero-order valence-corrected chi connectivity index (χ0v) is 25.7. The van der Waals surface area contributed by atoms with Crippen molar-refractivity contribution in [3.05, 3.63) is 36.1 Å². The first-order valence-corrected chi connectivity index (χ1v) is 17.1. The predicted octanol–water partition coefficient (Wildman–Crippen LogP) is 3.22. The Balaban J connectivity index is 1.18. The van der Waals surface area contributed by atoms with Gasteiger partial charge in [0.1, 0.15) is 5.75 Å². The summed E-state index contributed by atoms with van der Waals surface area (Å²) in [6, 6.07) is 6.73. The normalized spacial score (nSPS) is 24.6. The monoisotopic (exact) mass is 605 g/mol. The molecule has 1 aromatic rings. The van der Waals surface area contributed by atoms with Crippen molar-refractivity contribution in [1.29, 1.82) is 0 Å². The number of methoxy groups -OCH3 is 1. The number of ether oxygens (including phenoxy) is 3. The molecule has 3 fully saturated rings. The first kappa shape index (κ1) is 31.3. The Morgan fingerprint density at radius 2 is 1.71 bits per heavy atom. The van der Waals surface area contributed by atoms with Gasteiger partial charge in [-0.25, -0.2) is 8.42 Å². The molecule has 10 nitrogen and oxygen atoms in total. The van der Waals surface area contributed by atoms with Crippen LogP contribution in [0.15, 0.2) is 41.0 Å². The zero-order chi connectivity index (χ0) is 29.5. The van der Waals surface area contributed by atoms with Crippen LogP contribution in [0.25, 0.3) is 0 Å². The minimum Gasteiger partial charge on any atom is -0.497 e. The molecule has 5 rings (SSSR count). The van der Waals surface area contributed by atoms with Crippen molar-refractivity contribution in [3.8, 4) is 5.75 Å². The maximum atomic E-state index is 13.6. The highest BCUT2D eigenvalue weighted by Gasteiger charge is 2.37. The van der Waals surface area contributed by atoms with Gasteiger partial charge in [0, 0.05) is 38.6 Å². The van der Waals surface area contributed by atoms with Crippen LogP contribution in [0.5, 0.6) is 5.75 Å². The Labute approximate surface area is 250 Å². The first-order valence-electron chi connectivity index (χ1n) is 15.7. The van der Waals surface area contributed by atoms with Crippen molar-refractivity contribution in [2.24, 2.45) is 11.8 Å². The largest absolute Gasteiger partial charge is 0.497 e. The maximum absolute atomic E-state index is 13.6. The van der Waals surface area contributed by atoms with Crippen LogP contribution in [0.4, 0.5) is 0 Å². The molecule has 1 aromatic carbocycles. The van der Waals surface area contributed by atoms with Gasteiger partial charge in [0.15, 0.2) is 5.76 Å². The Bertz CT molecular complexity index is 1160. The highest BCUT2D eigenvalue weighted by atomic mass is 32.2. The SMILES string of the molecule is COc1ccc(S(=O)(=O)N(CCO)CCO[C@@H]2C[C@H](C3CCC3)C=C(C(=O)N3CCC(N4CCCCC4)CC3)O2)cc1. The molecule has 0 unspecified atom stereocenters. The lowest BCUT2D eigenvalue weighted by Crippen LogP contribution is -2.49. The molecule has 0 spiro atoms. The van der Waals surface area contributed by atoms with Gasteiger partial charge in [-0.15, -0.1) is 0 Å². The van der Waals surface area contributed by atoms with E-state index in [2.05, 4.69) is 4.90 Å². The van der Waals surface area contributed by atoms with Crippen LogP contribution >= 0.6 is 0 Å².